The van der Waals surface area contributed by atoms with E-state index in [0.717, 1.165) is 4.90 Å². The average molecular weight is 532 g/mol. The summed E-state index contributed by atoms with van der Waals surface area (Å²) in [7, 11) is 1.51. The van der Waals surface area contributed by atoms with Crippen LogP contribution in [0, 0.1) is 11.8 Å². The summed E-state index contributed by atoms with van der Waals surface area (Å²) in [6, 6.07) is 6.73. The molecule has 4 atom stereocenters. The van der Waals surface area contributed by atoms with Crippen molar-refractivity contribution in [3.05, 3.63) is 24.3 Å². The van der Waals surface area contributed by atoms with Gasteiger partial charge in [0.25, 0.3) is 5.91 Å². The quantitative estimate of drug-likeness (QED) is 0.342. The van der Waals surface area contributed by atoms with Crippen LogP contribution in [0.25, 0.3) is 0 Å². The van der Waals surface area contributed by atoms with Crippen molar-refractivity contribution < 1.29 is 28.7 Å². The Morgan fingerprint density at radius 2 is 1.76 bits per heavy atom. The molecule has 29 heavy (non-hydrogen) atoms. The van der Waals surface area contributed by atoms with Crippen molar-refractivity contribution in [3.8, 4) is 5.75 Å². The highest BCUT2D eigenvalue weighted by atomic mass is 79.9. The van der Waals surface area contributed by atoms with Crippen LogP contribution in [0.4, 0.5) is 5.69 Å². The van der Waals surface area contributed by atoms with E-state index in [-0.39, 0.29) is 21.5 Å². The zero-order valence-corrected chi connectivity index (χ0v) is 18.8. The van der Waals surface area contributed by atoms with Gasteiger partial charge in [-0.15, -0.1) is 0 Å². The molecule has 3 rings (SSSR count). The van der Waals surface area contributed by atoms with Gasteiger partial charge in [0.05, 0.1) is 18.9 Å². The summed E-state index contributed by atoms with van der Waals surface area (Å²) in [5, 5.41) is 2.58. The molecular weight excluding hydrogens is 512 g/mol. The number of carbonyl (C=O) groups is 4. The monoisotopic (exact) mass is 530 g/mol. The third kappa shape index (κ3) is 4.98. The van der Waals surface area contributed by atoms with Crippen LogP contribution in [0.15, 0.2) is 24.3 Å². The fraction of sp³-hybridized carbons (Fsp3) is 0.474. The van der Waals surface area contributed by atoms with Gasteiger partial charge < -0.3 is 14.8 Å². The van der Waals surface area contributed by atoms with Gasteiger partial charge in [0.1, 0.15) is 12.3 Å². The minimum Gasteiger partial charge on any atom is -0.497 e. The maximum absolute atomic E-state index is 12.5. The Morgan fingerprint density at radius 1 is 1.14 bits per heavy atom. The Kier molecular flexibility index (Phi) is 6.94. The summed E-state index contributed by atoms with van der Waals surface area (Å²) in [5.74, 6) is -2.35. The first kappa shape index (κ1) is 21.8. The molecule has 0 aromatic heterocycles. The lowest BCUT2D eigenvalue weighted by Crippen LogP contribution is -2.37. The first-order chi connectivity index (χ1) is 13.8. The standard InChI is InChI=1S/C19H20Br2N2O6/c1-28-11-4-2-3-10(5-11)22-16(24)9-29-17(25)8-23-18(26)12-6-14(20)15(21)7-13(12)19(23)27/h2-5,12-15H,6-9H2,1H3,(H,22,24)/t12-,13-,14-,15+/m1/s1. The second-order valence-corrected chi connectivity index (χ2v) is 9.27. The zero-order valence-electron chi connectivity index (χ0n) is 15.6. The molecule has 3 amide bonds. The molecule has 0 spiro atoms. The van der Waals surface area contributed by atoms with Gasteiger partial charge in [-0.1, -0.05) is 37.9 Å². The number of benzene rings is 1. The fourth-order valence-corrected chi connectivity index (χ4v) is 4.78. The molecule has 1 saturated heterocycles. The smallest absolute Gasteiger partial charge is 0.326 e. The third-order valence-corrected chi connectivity index (χ3v) is 7.74. The number of alkyl halides is 2. The van der Waals surface area contributed by atoms with Crippen molar-refractivity contribution in [2.75, 3.05) is 25.6 Å². The van der Waals surface area contributed by atoms with Crippen LogP contribution in [-0.2, 0) is 23.9 Å². The van der Waals surface area contributed by atoms with E-state index in [0.29, 0.717) is 24.3 Å². The Morgan fingerprint density at radius 3 is 2.34 bits per heavy atom. The number of ether oxygens (including phenoxy) is 2. The van der Waals surface area contributed by atoms with Gasteiger partial charge in [-0.25, -0.2) is 0 Å². The van der Waals surface area contributed by atoms with Crippen LogP contribution in [0.5, 0.6) is 5.75 Å². The molecule has 2 fully saturated rings. The van der Waals surface area contributed by atoms with Gasteiger partial charge in [-0.2, -0.15) is 0 Å². The molecule has 8 nitrogen and oxygen atoms in total. The van der Waals surface area contributed by atoms with Crippen molar-refractivity contribution in [2.45, 2.75) is 22.5 Å². The molecule has 1 aliphatic heterocycles. The summed E-state index contributed by atoms with van der Waals surface area (Å²) < 4.78 is 10.0. The molecule has 1 saturated carbocycles. The molecular formula is C19H20Br2N2O6. The minimum atomic E-state index is -0.808. The molecule has 0 radical (unpaired) electrons. The summed E-state index contributed by atoms with van der Waals surface area (Å²) in [5.41, 5.74) is 0.494. The molecule has 1 aromatic rings. The van der Waals surface area contributed by atoms with Gasteiger partial charge in [-0.05, 0) is 25.0 Å². The summed E-state index contributed by atoms with van der Waals surface area (Å²) >= 11 is 7.02. The van der Waals surface area contributed by atoms with Crippen molar-refractivity contribution in [1.82, 2.24) is 4.90 Å². The lowest BCUT2D eigenvalue weighted by atomic mass is 9.81. The van der Waals surface area contributed by atoms with Crippen molar-refractivity contribution in [1.29, 1.82) is 0 Å². The number of halogens is 2. The summed E-state index contributed by atoms with van der Waals surface area (Å²) in [6.07, 6.45) is 1.05. The predicted octanol–water partition coefficient (Wildman–Crippen LogP) is 2.10. The van der Waals surface area contributed by atoms with E-state index in [1.54, 1.807) is 24.3 Å². The largest absolute Gasteiger partial charge is 0.497 e. The number of imide groups is 1. The summed E-state index contributed by atoms with van der Waals surface area (Å²) in [4.78, 5) is 50.3. The number of esters is 1. The molecule has 0 unspecified atom stereocenters. The highest BCUT2D eigenvalue weighted by Crippen LogP contribution is 2.43. The molecule has 10 heteroatoms. The highest BCUT2D eigenvalue weighted by Gasteiger charge is 2.52. The summed E-state index contributed by atoms with van der Waals surface area (Å²) in [6.45, 7) is -1.01. The predicted molar refractivity (Wildman–Crippen MR) is 111 cm³/mol. The number of hydrogen-bond donors (Lipinski definition) is 1. The van der Waals surface area contributed by atoms with Crippen molar-refractivity contribution in [2.24, 2.45) is 11.8 Å². The number of fused-ring (bicyclic) bond motifs is 1. The Labute approximate surface area is 184 Å². The average Bonchev–Trinajstić information content (AvgIpc) is 2.91. The van der Waals surface area contributed by atoms with Gasteiger partial charge in [-0.3, -0.25) is 24.1 Å². The molecule has 1 aromatic carbocycles. The van der Waals surface area contributed by atoms with Gasteiger partial charge in [0, 0.05) is 21.4 Å². The van der Waals surface area contributed by atoms with Crippen LogP contribution >= 0.6 is 31.9 Å². The van der Waals surface area contributed by atoms with E-state index in [9.17, 15) is 19.2 Å². The SMILES string of the molecule is COc1cccc(NC(=O)COC(=O)CN2C(=O)[C@@H]3C[C@@H](Br)[C@@H](Br)C[C@H]3C2=O)c1. The van der Waals surface area contributed by atoms with E-state index in [2.05, 4.69) is 37.2 Å². The van der Waals surface area contributed by atoms with Crippen LogP contribution < -0.4 is 10.1 Å². The van der Waals surface area contributed by atoms with E-state index in [1.807, 2.05) is 0 Å². The highest BCUT2D eigenvalue weighted by molar-refractivity contribution is 9.12. The van der Waals surface area contributed by atoms with E-state index < -0.39 is 36.9 Å². The number of anilines is 1. The zero-order chi connectivity index (χ0) is 21.1. The van der Waals surface area contributed by atoms with Crippen LogP contribution in [-0.4, -0.2) is 58.5 Å². The van der Waals surface area contributed by atoms with E-state index >= 15 is 0 Å². The van der Waals surface area contributed by atoms with Crippen LogP contribution in [0.3, 0.4) is 0 Å². The van der Waals surface area contributed by atoms with Gasteiger partial charge in [0.15, 0.2) is 6.61 Å². The Bertz CT molecular complexity index is 805. The number of likely N-dealkylation sites (tertiary alicyclic amines) is 1. The first-order valence-electron chi connectivity index (χ1n) is 9.03. The maximum Gasteiger partial charge on any atom is 0.326 e. The Hall–Kier alpha value is -1.94. The third-order valence-electron chi connectivity index (χ3n) is 5.01. The number of nitrogens with one attached hydrogen (secondary N) is 1. The van der Waals surface area contributed by atoms with E-state index in [1.165, 1.54) is 7.11 Å². The number of amides is 3. The Balaban J connectivity index is 1.51. The first-order valence-corrected chi connectivity index (χ1v) is 10.9. The fourth-order valence-electron chi connectivity index (χ4n) is 3.54. The minimum absolute atomic E-state index is 0.0905. The second kappa shape index (κ2) is 9.25. The molecule has 0 bridgehead atoms. The molecule has 1 heterocycles. The number of nitrogens with zero attached hydrogens (tertiary/aromatic N) is 1. The number of rotatable bonds is 6. The lowest BCUT2D eigenvalue weighted by Gasteiger charge is -2.29. The number of methoxy groups -OCH3 is 1. The lowest BCUT2D eigenvalue weighted by molar-refractivity contribution is -0.154. The maximum atomic E-state index is 12.5. The molecule has 1 N–H and O–H groups in total. The van der Waals surface area contributed by atoms with Gasteiger partial charge in [0.2, 0.25) is 11.8 Å². The van der Waals surface area contributed by atoms with Gasteiger partial charge >= 0.3 is 5.97 Å². The van der Waals surface area contributed by atoms with Crippen LogP contribution in [0.2, 0.25) is 0 Å². The number of carbonyl (C=O) groups excluding carboxylic acids is 4. The normalized spacial score (nSPS) is 26.1. The van der Waals surface area contributed by atoms with E-state index in [4.69, 9.17) is 9.47 Å². The van der Waals surface area contributed by atoms with Crippen LogP contribution in [0.1, 0.15) is 12.8 Å². The topological polar surface area (TPSA) is 102 Å². The van der Waals surface area contributed by atoms with Crippen molar-refractivity contribution >= 4 is 61.2 Å². The van der Waals surface area contributed by atoms with Crippen molar-refractivity contribution in [3.63, 3.8) is 0 Å². The second-order valence-electron chi connectivity index (χ2n) is 6.92. The molecule has 1 aliphatic carbocycles. The molecule has 156 valence electrons. The number of hydrogen-bond acceptors (Lipinski definition) is 6. The molecule has 2 aliphatic rings.